The molecule has 15 heavy (non-hydrogen) atoms. The second-order valence-electron chi connectivity index (χ2n) is 4.43. The van der Waals surface area contributed by atoms with Crippen LogP contribution < -0.4 is 0 Å². The van der Waals surface area contributed by atoms with Crippen LogP contribution in [0.4, 0.5) is 0 Å². The van der Waals surface area contributed by atoms with Crippen molar-refractivity contribution in [3.05, 3.63) is 0 Å². The Labute approximate surface area is 100 Å². The van der Waals surface area contributed by atoms with E-state index in [-0.39, 0.29) is 0 Å². The largest absolute Gasteiger partial charge is 0.423 e. The number of hydrogen-bond acceptors (Lipinski definition) is 3. The molecule has 0 bridgehead atoms. The number of hydrogen-bond donors (Lipinski definition) is 0. The monoisotopic (exact) mass is 266 g/mol. The lowest BCUT2D eigenvalue weighted by Crippen LogP contribution is -2.46. The fraction of sp³-hybridized carbons (Fsp3) is 1.00. The van der Waals surface area contributed by atoms with Gasteiger partial charge in [-0.25, -0.2) is 0 Å². The summed E-state index contributed by atoms with van der Waals surface area (Å²) in [4.78, 5) is 0. The van der Waals surface area contributed by atoms with Gasteiger partial charge in [-0.2, -0.15) is 0 Å². The Hall–Kier alpha value is 0.531. The molecule has 0 saturated carbocycles. The molecule has 0 aromatic rings. The fourth-order valence-electron chi connectivity index (χ4n) is 1.75. The topological polar surface area (TPSA) is 27.7 Å². The van der Waals surface area contributed by atoms with E-state index in [9.17, 15) is 0 Å². The molecule has 0 aliphatic carbocycles. The molecule has 0 amide bonds. The first kappa shape index (κ1) is 15.5. The highest BCUT2D eigenvalue weighted by molar-refractivity contribution is 6.49. The molecule has 0 unspecified atom stereocenters. The van der Waals surface area contributed by atoms with Gasteiger partial charge in [0.2, 0.25) is 0 Å². The van der Waals surface area contributed by atoms with Crippen LogP contribution in [0.5, 0.6) is 0 Å². The molecular formula is C9H26O3Si3. The summed E-state index contributed by atoms with van der Waals surface area (Å²) in [5.41, 5.74) is 0. The van der Waals surface area contributed by atoms with Crippen LogP contribution in [0.1, 0.15) is 19.8 Å². The van der Waals surface area contributed by atoms with Crippen LogP contribution in [-0.4, -0.2) is 41.0 Å². The van der Waals surface area contributed by atoms with E-state index in [1.807, 2.05) is 0 Å². The molecule has 0 aliphatic heterocycles. The molecule has 3 nitrogen and oxygen atoms in total. The Morgan fingerprint density at radius 1 is 1.07 bits per heavy atom. The van der Waals surface area contributed by atoms with Crippen LogP contribution >= 0.6 is 0 Å². The summed E-state index contributed by atoms with van der Waals surface area (Å²) in [5.74, 6) is -0.419. The van der Waals surface area contributed by atoms with Crippen molar-refractivity contribution in [2.45, 2.75) is 51.7 Å². The number of rotatable bonds is 8. The van der Waals surface area contributed by atoms with Crippen molar-refractivity contribution in [1.82, 2.24) is 0 Å². The SMILES string of the molecule is CCCC(CO[SiH3])(O[SiH](C)C)O[SiH](C)C. The summed E-state index contributed by atoms with van der Waals surface area (Å²) >= 11 is 0. The molecule has 0 fully saturated rings. The van der Waals surface area contributed by atoms with E-state index in [1.165, 1.54) is 0 Å². The van der Waals surface area contributed by atoms with Crippen LogP contribution in [0.25, 0.3) is 0 Å². The Balaban J connectivity index is 4.55. The van der Waals surface area contributed by atoms with Crippen molar-refractivity contribution >= 4 is 28.6 Å². The third-order valence-electron chi connectivity index (χ3n) is 1.90. The normalized spacial score (nSPS) is 13.0. The summed E-state index contributed by atoms with van der Waals surface area (Å²) in [6.45, 7) is 11.5. The quantitative estimate of drug-likeness (QED) is 0.480. The molecule has 0 N–H and O–H groups in total. The Bertz CT molecular complexity index is 147. The molecule has 92 valence electrons. The van der Waals surface area contributed by atoms with Crippen molar-refractivity contribution in [2.24, 2.45) is 0 Å². The summed E-state index contributed by atoms with van der Waals surface area (Å²) < 4.78 is 17.6. The highest BCUT2D eigenvalue weighted by Gasteiger charge is 2.32. The first-order valence-corrected chi connectivity index (χ1v) is 12.2. The maximum atomic E-state index is 6.08. The van der Waals surface area contributed by atoms with Gasteiger partial charge in [0.15, 0.2) is 23.9 Å². The predicted molar refractivity (Wildman–Crippen MR) is 73.5 cm³/mol. The summed E-state index contributed by atoms with van der Waals surface area (Å²) in [7, 11) is -1.42. The summed E-state index contributed by atoms with van der Waals surface area (Å²) in [6, 6.07) is 0. The lowest BCUT2D eigenvalue weighted by Gasteiger charge is -2.37. The van der Waals surface area contributed by atoms with E-state index in [1.54, 1.807) is 0 Å². The molecule has 0 rings (SSSR count). The Kier molecular flexibility index (Phi) is 8.02. The second-order valence-corrected chi connectivity index (χ2v) is 9.67. The van der Waals surface area contributed by atoms with Gasteiger partial charge in [0.05, 0.1) is 6.61 Å². The molecule has 0 aliphatic rings. The first-order valence-electron chi connectivity index (χ1n) is 5.80. The van der Waals surface area contributed by atoms with E-state index in [4.69, 9.17) is 13.3 Å². The molecule has 0 aromatic carbocycles. The summed E-state index contributed by atoms with van der Waals surface area (Å²) in [6.07, 6.45) is 2.03. The molecule has 0 heterocycles. The minimum Gasteiger partial charge on any atom is -0.423 e. The van der Waals surface area contributed by atoms with Crippen LogP contribution in [0, 0.1) is 0 Å². The minimum absolute atomic E-state index is 0.419. The van der Waals surface area contributed by atoms with Gasteiger partial charge in [0.1, 0.15) is 10.5 Å². The van der Waals surface area contributed by atoms with E-state index in [2.05, 4.69) is 33.1 Å². The maximum absolute atomic E-state index is 6.08. The van der Waals surface area contributed by atoms with E-state index in [0.717, 1.165) is 23.3 Å². The smallest absolute Gasteiger partial charge is 0.174 e. The van der Waals surface area contributed by atoms with Crippen LogP contribution in [-0.2, 0) is 13.3 Å². The molecular weight excluding hydrogens is 240 g/mol. The Morgan fingerprint density at radius 2 is 1.53 bits per heavy atom. The van der Waals surface area contributed by atoms with Gasteiger partial charge in [-0.15, -0.1) is 0 Å². The van der Waals surface area contributed by atoms with Crippen molar-refractivity contribution in [2.75, 3.05) is 6.61 Å². The highest BCUT2D eigenvalue weighted by atomic mass is 28.3. The van der Waals surface area contributed by atoms with E-state index in [0.29, 0.717) is 6.61 Å². The predicted octanol–water partition coefficient (Wildman–Crippen LogP) is 0.780. The highest BCUT2D eigenvalue weighted by Crippen LogP contribution is 2.23. The lowest BCUT2D eigenvalue weighted by atomic mass is 10.2. The lowest BCUT2D eigenvalue weighted by molar-refractivity contribution is -0.148. The van der Waals surface area contributed by atoms with Gasteiger partial charge in [-0.1, -0.05) is 13.3 Å². The van der Waals surface area contributed by atoms with Gasteiger partial charge in [0, 0.05) is 6.42 Å². The average molecular weight is 267 g/mol. The van der Waals surface area contributed by atoms with Gasteiger partial charge >= 0.3 is 0 Å². The zero-order valence-electron chi connectivity index (χ0n) is 11.0. The van der Waals surface area contributed by atoms with Crippen LogP contribution in [0.3, 0.4) is 0 Å². The van der Waals surface area contributed by atoms with Crippen molar-refractivity contribution < 1.29 is 13.3 Å². The zero-order chi connectivity index (χ0) is 11.9. The molecule has 0 atom stereocenters. The Morgan fingerprint density at radius 3 is 1.80 bits per heavy atom. The van der Waals surface area contributed by atoms with Crippen molar-refractivity contribution in [3.63, 3.8) is 0 Å². The molecule has 0 spiro atoms. The average Bonchev–Trinajstić information content (AvgIpc) is 2.01. The van der Waals surface area contributed by atoms with Crippen LogP contribution in [0.15, 0.2) is 0 Å². The van der Waals surface area contributed by atoms with E-state index < -0.39 is 23.9 Å². The molecule has 0 saturated heterocycles. The zero-order valence-corrected chi connectivity index (χ0v) is 15.3. The van der Waals surface area contributed by atoms with Crippen molar-refractivity contribution in [1.29, 1.82) is 0 Å². The molecule has 0 radical (unpaired) electrons. The third-order valence-corrected chi connectivity index (χ3v) is 3.99. The van der Waals surface area contributed by atoms with Crippen molar-refractivity contribution in [3.8, 4) is 0 Å². The molecule has 0 aromatic heterocycles. The molecule has 6 heteroatoms. The first-order chi connectivity index (χ1) is 6.95. The third kappa shape index (κ3) is 6.64. The maximum Gasteiger partial charge on any atom is 0.174 e. The second kappa shape index (κ2) is 7.75. The standard InChI is InChI=1S/C9H26O3Si3/c1-6-7-9(8-10-13,11-14(2)3)12-15(4)5/h14-15H,6-8H2,1-5,13H3. The van der Waals surface area contributed by atoms with Gasteiger partial charge < -0.3 is 13.3 Å². The fourth-order valence-corrected chi connectivity index (χ4v) is 4.50. The minimum atomic E-state index is -1.08. The van der Waals surface area contributed by atoms with Gasteiger partial charge in [0.25, 0.3) is 0 Å². The van der Waals surface area contributed by atoms with Crippen LogP contribution in [0.2, 0.25) is 26.2 Å². The van der Waals surface area contributed by atoms with E-state index >= 15 is 0 Å². The summed E-state index contributed by atoms with van der Waals surface area (Å²) in [5, 5.41) is 0. The van der Waals surface area contributed by atoms with Gasteiger partial charge in [-0.3, -0.25) is 0 Å². The van der Waals surface area contributed by atoms with Gasteiger partial charge in [-0.05, 0) is 26.2 Å².